The van der Waals surface area contributed by atoms with E-state index < -0.39 is 5.91 Å². The first-order valence-electron chi connectivity index (χ1n) is 6.41. The lowest BCUT2D eigenvalue weighted by atomic mass is 10.1. The van der Waals surface area contributed by atoms with Crippen molar-refractivity contribution in [3.05, 3.63) is 58.3 Å². The van der Waals surface area contributed by atoms with Crippen LogP contribution in [0.4, 0.5) is 5.69 Å². The van der Waals surface area contributed by atoms with Crippen molar-refractivity contribution < 1.29 is 4.79 Å². The number of anilines is 1. The number of nitrogens with two attached hydrogens (primary N) is 1. The van der Waals surface area contributed by atoms with E-state index in [-0.39, 0.29) is 0 Å². The standard InChI is InChI=1S/C15H14BrN3O/c16-12-4-2-1-3-9(12)10-7-14(10)19-13-5-6-18-8-11(13)15(17)20/h1-6,8,10,14H,7H2,(H2,17,20)(H,18,19). The number of nitrogens with zero attached hydrogens (tertiary/aromatic N) is 1. The molecule has 102 valence electrons. The lowest BCUT2D eigenvalue weighted by Gasteiger charge is -2.09. The van der Waals surface area contributed by atoms with E-state index >= 15 is 0 Å². The van der Waals surface area contributed by atoms with Crippen LogP contribution < -0.4 is 11.1 Å². The van der Waals surface area contributed by atoms with Crippen molar-refractivity contribution in [3.8, 4) is 0 Å². The highest BCUT2D eigenvalue weighted by Crippen LogP contribution is 2.45. The van der Waals surface area contributed by atoms with Gasteiger partial charge in [-0.05, 0) is 24.1 Å². The molecule has 2 unspecified atom stereocenters. The van der Waals surface area contributed by atoms with Gasteiger partial charge in [0.2, 0.25) is 0 Å². The van der Waals surface area contributed by atoms with Gasteiger partial charge in [0, 0.05) is 28.8 Å². The average molecular weight is 332 g/mol. The summed E-state index contributed by atoms with van der Waals surface area (Å²) in [4.78, 5) is 15.3. The zero-order valence-electron chi connectivity index (χ0n) is 10.7. The first-order chi connectivity index (χ1) is 9.66. The van der Waals surface area contributed by atoms with Gasteiger partial charge in [0.05, 0.1) is 11.3 Å². The Labute approximate surface area is 125 Å². The van der Waals surface area contributed by atoms with E-state index in [1.54, 1.807) is 12.3 Å². The fourth-order valence-electron chi connectivity index (χ4n) is 2.39. The molecule has 0 radical (unpaired) electrons. The Hall–Kier alpha value is -1.88. The van der Waals surface area contributed by atoms with E-state index in [2.05, 4.69) is 32.3 Å². The molecule has 1 aliphatic carbocycles. The van der Waals surface area contributed by atoms with Crippen molar-refractivity contribution in [2.45, 2.75) is 18.4 Å². The van der Waals surface area contributed by atoms with E-state index in [4.69, 9.17) is 5.73 Å². The van der Waals surface area contributed by atoms with E-state index in [0.29, 0.717) is 17.5 Å². The molecule has 1 fully saturated rings. The Morgan fingerprint density at radius 1 is 1.35 bits per heavy atom. The number of pyridine rings is 1. The molecule has 1 saturated carbocycles. The molecule has 1 aliphatic rings. The lowest BCUT2D eigenvalue weighted by molar-refractivity contribution is 0.100. The molecule has 2 aromatic rings. The summed E-state index contributed by atoms with van der Waals surface area (Å²) in [6.07, 6.45) is 4.20. The number of hydrogen-bond acceptors (Lipinski definition) is 3. The van der Waals surface area contributed by atoms with Gasteiger partial charge in [-0.25, -0.2) is 0 Å². The van der Waals surface area contributed by atoms with Gasteiger partial charge < -0.3 is 11.1 Å². The molecule has 2 atom stereocenters. The molecule has 3 rings (SSSR count). The summed E-state index contributed by atoms with van der Waals surface area (Å²) in [5.41, 5.74) is 7.84. The minimum atomic E-state index is -0.460. The molecule has 0 saturated heterocycles. The van der Waals surface area contributed by atoms with Gasteiger partial charge in [-0.1, -0.05) is 34.1 Å². The van der Waals surface area contributed by atoms with Crippen LogP contribution in [-0.2, 0) is 0 Å². The largest absolute Gasteiger partial charge is 0.381 e. The molecule has 5 heteroatoms. The van der Waals surface area contributed by atoms with Crippen LogP contribution in [0.3, 0.4) is 0 Å². The monoisotopic (exact) mass is 331 g/mol. The van der Waals surface area contributed by atoms with Gasteiger partial charge in [-0.3, -0.25) is 9.78 Å². The van der Waals surface area contributed by atoms with Crippen LogP contribution in [-0.4, -0.2) is 16.9 Å². The van der Waals surface area contributed by atoms with Gasteiger partial charge in [-0.2, -0.15) is 0 Å². The van der Waals surface area contributed by atoms with E-state index in [9.17, 15) is 4.79 Å². The molecule has 1 heterocycles. The zero-order chi connectivity index (χ0) is 14.1. The fourth-order valence-corrected chi connectivity index (χ4v) is 2.97. The Morgan fingerprint density at radius 2 is 2.15 bits per heavy atom. The van der Waals surface area contributed by atoms with Crippen molar-refractivity contribution in [1.82, 2.24) is 4.98 Å². The Balaban J connectivity index is 1.76. The van der Waals surface area contributed by atoms with E-state index in [1.807, 2.05) is 18.2 Å². The fraction of sp³-hybridized carbons (Fsp3) is 0.200. The Kier molecular flexibility index (Phi) is 3.44. The second-order valence-electron chi connectivity index (χ2n) is 4.90. The second-order valence-corrected chi connectivity index (χ2v) is 5.75. The molecule has 4 nitrogen and oxygen atoms in total. The quantitative estimate of drug-likeness (QED) is 0.905. The average Bonchev–Trinajstić information content (AvgIpc) is 3.18. The highest BCUT2D eigenvalue weighted by Gasteiger charge is 2.39. The minimum absolute atomic E-state index is 0.328. The summed E-state index contributed by atoms with van der Waals surface area (Å²) in [7, 11) is 0. The third kappa shape index (κ3) is 2.54. The molecule has 1 aromatic carbocycles. The van der Waals surface area contributed by atoms with E-state index in [0.717, 1.165) is 16.6 Å². The Morgan fingerprint density at radius 3 is 2.90 bits per heavy atom. The Bertz CT molecular complexity index is 659. The maximum absolute atomic E-state index is 11.4. The number of benzene rings is 1. The van der Waals surface area contributed by atoms with Crippen molar-refractivity contribution in [2.24, 2.45) is 5.73 Å². The molecule has 1 amide bonds. The number of nitrogens with one attached hydrogen (secondary N) is 1. The van der Waals surface area contributed by atoms with Crippen LogP contribution in [0.15, 0.2) is 47.2 Å². The van der Waals surface area contributed by atoms with Crippen LogP contribution in [0.2, 0.25) is 0 Å². The van der Waals surface area contributed by atoms with Crippen molar-refractivity contribution in [1.29, 1.82) is 0 Å². The molecular weight excluding hydrogens is 318 g/mol. The van der Waals surface area contributed by atoms with Gasteiger partial charge in [0.25, 0.3) is 5.91 Å². The van der Waals surface area contributed by atoms with Crippen LogP contribution in [0.1, 0.15) is 28.3 Å². The van der Waals surface area contributed by atoms with Crippen LogP contribution >= 0.6 is 15.9 Å². The molecule has 0 spiro atoms. The summed E-state index contributed by atoms with van der Waals surface area (Å²) in [6, 6.07) is 10.3. The third-order valence-corrected chi connectivity index (χ3v) is 4.24. The van der Waals surface area contributed by atoms with Crippen LogP contribution in [0.25, 0.3) is 0 Å². The highest BCUT2D eigenvalue weighted by atomic mass is 79.9. The zero-order valence-corrected chi connectivity index (χ0v) is 12.3. The summed E-state index contributed by atoms with van der Waals surface area (Å²) in [5, 5.41) is 3.38. The van der Waals surface area contributed by atoms with Gasteiger partial charge >= 0.3 is 0 Å². The minimum Gasteiger partial charge on any atom is -0.381 e. The van der Waals surface area contributed by atoms with Crippen LogP contribution in [0.5, 0.6) is 0 Å². The molecule has 1 aromatic heterocycles. The SMILES string of the molecule is NC(=O)c1cnccc1NC1CC1c1ccccc1Br. The number of primary amides is 1. The second kappa shape index (κ2) is 5.25. The normalized spacial score (nSPS) is 20.4. The number of carbonyl (C=O) groups excluding carboxylic acids is 1. The number of aromatic nitrogens is 1. The van der Waals surface area contributed by atoms with E-state index in [1.165, 1.54) is 11.8 Å². The van der Waals surface area contributed by atoms with Crippen LogP contribution in [0, 0.1) is 0 Å². The summed E-state index contributed by atoms with van der Waals surface area (Å²) in [5.74, 6) is -0.00171. The number of amides is 1. The molecule has 20 heavy (non-hydrogen) atoms. The topological polar surface area (TPSA) is 68.0 Å². The number of rotatable bonds is 4. The van der Waals surface area contributed by atoms with Crippen molar-refractivity contribution >= 4 is 27.5 Å². The summed E-state index contributed by atoms with van der Waals surface area (Å²) < 4.78 is 1.12. The molecule has 0 aliphatic heterocycles. The van der Waals surface area contributed by atoms with Gasteiger partial charge in [-0.15, -0.1) is 0 Å². The third-order valence-electron chi connectivity index (χ3n) is 3.52. The first kappa shape index (κ1) is 13.1. The molecule has 0 bridgehead atoms. The summed E-state index contributed by atoms with van der Waals surface area (Å²) in [6.45, 7) is 0. The lowest BCUT2D eigenvalue weighted by Crippen LogP contribution is -2.16. The summed E-state index contributed by atoms with van der Waals surface area (Å²) >= 11 is 3.58. The highest BCUT2D eigenvalue weighted by molar-refractivity contribution is 9.10. The molecule has 3 N–H and O–H groups in total. The van der Waals surface area contributed by atoms with Gasteiger partial charge in [0.1, 0.15) is 0 Å². The van der Waals surface area contributed by atoms with Crippen molar-refractivity contribution in [3.63, 3.8) is 0 Å². The number of halogens is 1. The maximum atomic E-state index is 11.4. The van der Waals surface area contributed by atoms with Crippen molar-refractivity contribution in [2.75, 3.05) is 5.32 Å². The number of carbonyl (C=O) groups is 1. The molecular formula is C15H14BrN3O. The maximum Gasteiger partial charge on any atom is 0.252 e. The predicted octanol–water partition coefficient (Wildman–Crippen LogP) is 2.91. The predicted molar refractivity (Wildman–Crippen MR) is 81.7 cm³/mol. The number of hydrogen-bond donors (Lipinski definition) is 2. The van der Waals surface area contributed by atoms with Gasteiger partial charge in [0.15, 0.2) is 0 Å². The first-order valence-corrected chi connectivity index (χ1v) is 7.21. The smallest absolute Gasteiger partial charge is 0.252 e.